The number of carbonyl (C=O) groups is 1. The number of nitrogens with zero attached hydrogens (tertiary/aromatic N) is 2. The number of aryl methyl sites for hydroxylation is 1. The van der Waals surface area contributed by atoms with Crippen molar-refractivity contribution in [3.05, 3.63) is 17.5 Å². The summed E-state index contributed by atoms with van der Waals surface area (Å²) in [4.78, 5) is 12.0. The highest BCUT2D eigenvalue weighted by molar-refractivity contribution is 5.74. The molecule has 3 fully saturated rings. The van der Waals surface area contributed by atoms with Crippen molar-refractivity contribution in [2.24, 2.45) is 18.9 Å². The Morgan fingerprint density at radius 3 is 2.80 bits per heavy atom. The Bertz CT molecular complexity index is 524. The van der Waals surface area contributed by atoms with E-state index in [9.17, 15) is 4.79 Å². The molecular weight excluding hydrogens is 252 g/mol. The molecule has 20 heavy (non-hydrogen) atoms. The lowest BCUT2D eigenvalue weighted by molar-refractivity contribution is 0.238. The van der Waals surface area contributed by atoms with E-state index in [2.05, 4.69) is 15.7 Å². The fraction of sp³-hybridized carbons (Fsp3) is 0.733. The van der Waals surface area contributed by atoms with Gasteiger partial charge in [-0.25, -0.2) is 4.79 Å². The number of nitrogens with one attached hydrogen (secondary N) is 2. The first-order chi connectivity index (χ1) is 9.74. The van der Waals surface area contributed by atoms with E-state index >= 15 is 0 Å². The Morgan fingerprint density at radius 2 is 2.10 bits per heavy atom. The van der Waals surface area contributed by atoms with Gasteiger partial charge in [0.15, 0.2) is 0 Å². The van der Waals surface area contributed by atoms with Gasteiger partial charge in [0.25, 0.3) is 0 Å². The van der Waals surface area contributed by atoms with Crippen LogP contribution in [0.2, 0.25) is 0 Å². The average Bonchev–Trinajstić information content (AvgIpc) is 3.28. The molecule has 1 aromatic heterocycles. The van der Waals surface area contributed by atoms with E-state index in [-0.39, 0.29) is 6.03 Å². The highest BCUT2D eigenvalue weighted by Crippen LogP contribution is 2.51. The molecule has 5 nitrogen and oxygen atoms in total. The van der Waals surface area contributed by atoms with Crippen LogP contribution in [-0.2, 0) is 13.6 Å². The molecule has 1 heterocycles. The summed E-state index contributed by atoms with van der Waals surface area (Å²) in [5, 5.41) is 10.4. The van der Waals surface area contributed by atoms with Crippen molar-refractivity contribution in [1.29, 1.82) is 0 Å². The summed E-state index contributed by atoms with van der Waals surface area (Å²) in [7, 11) is 1.95. The minimum Gasteiger partial charge on any atom is -0.335 e. The van der Waals surface area contributed by atoms with E-state index in [0.717, 1.165) is 17.5 Å². The summed E-state index contributed by atoms with van der Waals surface area (Å²) in [5.74, 6) is 2.20. The largest absolute Gasteiger partial charge is 0.335 e. The molecule has 108 valence electrons. The highest BCUT2D eigenvalue weighted by Gasteiger charge is 2.53. The summed E-state index contributed by atoms with van der Waals surface area (Å²) in [5.41, 5.74) is 2.47. The van der Waals surface area contributed by atoms with Crippen LogP contribution < -0.4 is 10.6 Å². The second-order valence-electron chi connectivity index (χ2n) is 6.56. The van der Waals surface area contributed by atoms with Crippen molar-refractivity contribution in [1.82, 2.24) is 20.4 Å². The van der Waals surface area contributed by atoms with Crippen molar-refractivity contribution < 1.29 is 4.79 Å². The van der Waals surface area contributed by atoms with Gasteiger partial charge in [-0.1, -0.05) is 6.42 Å². The van der Waals surface area contributed by atoms with E-state index in [0.29, 0.717) is 18.5 Å². The molecule has 3 aliphatic carbocycles. The van der Waals surface area contributed by atoms with Gasteiger partial charge in [0.1, 0.15) is 0 Å². The Morgan fingerprint density at radius 1 is 1.35 bits per heavy atom. The summed E-state index contributed by atoms with van der Waals surface area (Å²) >= 11 is 0. The molecule has 0 aromatic carbocycles. The predicted octanol–water partition coefficient (Wildman–Crippen LogP) is 1.90. The minimum atomic E-state index is -0.0210. The van der Waals surface area contributed by atoms with Crippen molar-refractivity contribution in [2.45, 2.75) is 50.6 Å². The molecule has 2 N–H and O–H groups in total. The summed E-state index contributed by atoms with van der Waals surface area (Å²) in [6.45, 7) is 0.580. The normalized spacial score (nSPS) is 30.9. The molecule has 0 bridgehead atoms. The summed E-state index contributed by atoms with van der Waals surface area (Å²) in [6, 6.07) is 0.422. The number of carbonyl (C=O) groups excluding carboxylic acids is 1. The minimum absolute atomic E-state index is 0.0210. The van der Waals surface area contributed by atoms with Crippen LogP contribution in [0.25, 0.3) is 0 Å². The number of hydrogen-bond donors (Lipinski definition) is 2. The lowest BCUT2D eigenvalue weighted by Gasteiger charge is -2.10. The summed E-state index contributed by atoms with van der Waals surface area (Å²) in [6.07, 6.45) is 8.41. The van der Waals surface area contributed by atoms with Gasteiger partial charge < -0.3 is 10.6 Å². The van der Waals surface area contributed by atoms with Gasteiger partial charge in [-0.2, -0.15) is 5.10 Å². The van der Waals surface area contributed by atoms with Gasteiger partial charge in [-0.3, -0.25) is 4.68 Å². The van der Waals surface area contributed by atoms with Crippen molar-refractivity contribution in [3.8, 4) is 0 Å². The number of rotatable bonds is 4. The van der Waals surface area contributed by atoms with E-state index in [1.54, 1.807) is 0 Å². The van der Waals surface area contributed by atoms with Crippen molar-refractivity contribution in [2.75, 3.05) is 0 Å². The second kappa shape index (κ2) is 4.50. The van der Waals surface area contributed by atoms with Crippen LogP contribution in [0.1, 0.15) is 49.3 Å². The molecule has 2 amide bonds. The fourth-order valence-electron chi connectivity index (χ4n) is 3.83. The van der Waals surface area contributed by atoms with E-state index in [1.807, 2.05) is 17.9 Å². The molecule has 3 aliphatic rings. The average molecular weight is 274 g/mol. The van der Waals surface area contributed by atoms with Crippen LogP contribution in [0.5, 0.6) is 0 Å². The third-order valence-corrected chi connectivity index (χ3v) is 5.23. The van der Waals surface area contributed by atoms with Gasteiger partial charge in [-0.15, -0.1) is 0 Å². The van der Waals surface area contributed by atoms with Gasteiger partial charge in [-0.05, 0) is 49.0 Å². The number of hydrogen-bond acceptors (Lipinski definition) is 2. The van der Waals surface area contributed by atoms with E-state index in [4.69, 9.17) is 0 Å². The zero-order valence-electron chi connectivity index (χ0n) is 11.9. The highest BCUT2D eigenvalue weighted by atomic mass is 16.2. The quantitative estimate of drug-likeness (QED) is 0.881. The van der Waals surface area contributed by atoms with Gasteiger partial charge in [0.05, 0.1) is 18.4 Å². The lowest BCUT2D eigenvalue weighted by Crippen LogP contribution is -2.38. The van der Waals surface area contributed by atoms with Crippen molar-refractivity contribution >= 4 is 6.03 Å². The third kappa shape index (κ3) is 2.09. The second-order valence-corrected chi connectivity index (χ2v) is 6.56. The van der Waals surface area contributed by atoms with E-state index < -0.39 is 0 Å². The number of amides is 2. The van der Waals surface area contributed by atoms with Crippen LogP contribution >= 0.6 is 0 Å². The van der Waals surface area contributed by atoms with Gasteiger partial charge in [0, 0.05) is 13.1 Å². The molecule has 1 unspecified atom stereocenters. The first kappa shape index (κ1) is 12.2. The first-order valence-corrected chi connectivity index (χ1v) is 7.79. The molecule has 0 spiro atoms. The van der Waals surface area contributed by atoms with Crippen LogP contribution in [0.15, 0.2) is 6.20 Å². The van der Waals surface area contributed by atoms with Gasteiger partial charge >= 0.3 is 6.03 Å². The summed E-state index contributed by atoms with van der Waals surface area (Å²) < 4.78 is 1.89. The molecule has 1 aromatic rings. The maximum Gasteiger partial charge on any atom is 0.315 e. The molecular formula is C15H22N4O. The topological polar surface area (TPSA) is 59.0 Å². The van der Waals surface area contributed by atoms with E-state index in [1.165, 1.54) is 37.7 Å². The standard InChI is InChI=1S/C15H22N4O/c1-19-13(12(7-17-19)9-5-6-9)8-16-15(20)18-14-10-3-2-4-11(10)14/h7,9-11,14H,2-6,8H2,1H3,(H2,16,18,20)/t10-,11+,14?. The molecule has 3 atom stereocenters. The predicted molar refractivity (Wildman–Crippen MR) is 75.2 cm³/mol. The Kier molecular flexibility index (Phi) is 2.75. The monoisotopic (exact) mass is 274 g/mol. The molecule has 0 saturated heterocycles. The number of urea groups is 1. The smallest absolute Gasteiger partial charge is 0.315 e. The Labute approximate surface area is 119 Å². The maximum atomic E-state index is 12.0. The number of aromatic nitrogens is 2. The lowest BCUT2D eigenvalue weighted by atomic mass is 10.1. The molecule has 4 rings (SSSR count). The maximum absolute atomic E-state index is 12.0. The van der Waals surface area contributed by atoms with Gasteiger partial charge in [0.2, 0.25) is 0 Å². The fourth-order valence-corrected chi connectivity index (χ4v) is 3.83. The first-order valence-electron chi connectivity index (χ1n) is 7.79. The third-order valence-electron chi connectivity index (χ3n) is 5.23. The number of fused-ring (bicyclic) bond motifs is 1. The van der Waals surface area contributed by atoms with Crippen LogP contribution in [0, 0.1) is 11.8 Å². The molecule has 0 aliphatic heterocycles. The zero-order chi connectivity index (χ0) is 13.7. The molecule has 5 heteroatoms. The Balaban J connectivity index is 1.31. The van der Waals surface area contributed by atoms with Crippen LogP contribution in [0.4, 0.5) is 4.79 Å². The Hall–Kier alpha value is -1.52. The molecule has 0 radical (unpaired) electrons. The SMILES string of the molecule is Cn1ncc(C2CC2)c1CNC(=O)NC1[C@H]2CCC[C@@H]12. The molecule has 3 saturated carbocycles. The van der Waals surface area contributed by atoms with Crippen LogP contribution in [0.3, 0.4) is 0 Å². The van der Waals surface area contributed by atoms with Crippen molar-refractivity contribution in [3.63, 3.8) is 0 Å². The zero-order valence-corrected chi connectivity index (χ0v) is 11.9. The van der Waals surface area contributed by atoms with Crippen LogP contribution in [-0.4, -0.2) is 21.9 Å².